The van der Waals surface area contributed by atoms with E-state index in [1.807, 2.05) is 24.3 Å². The molecule has 92 heavy (non-hydrogen) atoms. The van der Waals surface area contributed by atoms with Crippen LogP contribution in [0.1, 0.15) is 54.2 Å². The Morgan fingerprint density at radius 1 is 0.467 bits per heavy atom. The molecule has 7 heteroatoms. The fourth-order valence-electron chi connectivity index (χ4n) is 14.6. The molecular weight excluding hydrogens is 1140 g/mol. The summed E-state index contributed by atoms with van der Waals surface area (Å²) in [5.74, 6) is 0. The van der Waals surface area contributed by atoms with Crippen LogP contribution in [0, 0.1) is 0 Å². The lowest BCUT2D eigenvalue weighted by atomic mass is 9.67. The zero-order valence-corrected chi connectivity index (χ0v) is 51.8. The molecule has 0 fully saturated rings. The molecule has 1 aliphatic rings. The molecule has 4 heterocycles. The van der Waals surface area contributed by atoms with Crippen molar-refractivity contribution in [2.45, 2.75) is 26.2 Å². The topological polar surface area (TPSA) is 60.2 Å². The van der Waals surface area contributed by atoms with Gasteiger partial charge in [-0.25, -0.2) is 0 Å². The van der Waals surface area contributed by atoms with E-state index < -0.39 is 5.41 Å². The van der Waals surface area contributed by atoms with E-state index in [9.17, 15) is 0 Å². The molecular formula is C85H60N4O2S. The van der Waals surface area contributed by atoms with Crippen molar-refractivity contribution >= 4 is 117 Å². The Hall–Kier alpha value is -11.4. The number of hydrogen-bond acceptors (Lipinski definition) is 6. The van der Waals surface area contributed by atoms with Crippen LogP contribution in [0.5, 0.6) is 0 Å². The van der Waals surface area contributed by atoms with E-state index in [-0.39, 0.29) is 0 Å². The number of allylic oxidation sites excluding steroid dienone is 7. The summed E-state index contributed by atoms with van der Waals surface area (Å²) in [6, 6.07) is 96.5. The molecule has 6 nitrogen and oxygen atoms in total. The molecule has 0 unspecified atom stereocenters. The summed E-state index contributed by atoms with van der Waals surface area (Å²) < 4.78 is 25.2. The third kappa shape index (κ3) is 8.91. The van der Waals surface area contributed by atoms with E-state index >= 15 is 0 Å². The van der Waals surface area contributed by atoms with Gasteiger partial charge in [0.05, 0.1) is 33.9 Å². The number of aromatic nitrogens is 3. The van der Waals surface area contributed by atoms with Gasteiger partial charge in [-0.15, -0.1) is 0 Å². The Bertz CT molecular complexity index is 5510. The molecule has 16 aromatic rings. The monoisotopic (exact) mass is 1200 g/mol. The van der Waals surface area contributed by atoms with Crippen molar-refractivity contribution in [2.75, 3.05) is 11.4 Å². The molecule has 0 spiro atoms. The molecule has 0 saturated carbocycles. The minimum atomic E-state index is -0.480. The van der Waals surface area contributed by atoms with E-state index in [1.54, 1.807) is 0 Å². The molecule has 0 N–H and O–H groups in total. The normalized spacial score (nSPS) is 13.4. The maximum absolute atomic E-state index is 6.39. The maximum Gasteiger partial charge on any atom is 0.136 e. The van der Waals surface area contributed by atoms with Crippen molar-refractivity contribution in [2.24, 2.45) is 0 Å². The van der Waals surface area contributed by atoms with Crippen molar-refractivity contribution in [1.29, 1.82) is 0 Å². The molecule has 17 rings (SSSR count). The van der Waals surface area contributed by atoms with Gasteiger partial charge in [0.1, 0.15) is 33.4 Å². The minimum Gasteiger partial charge on any atom is -0.456 e. The highest BCUT2D eigenvalue weighted by Crippen LogP contribution is 2.56. The first kappa shape index (κ1) is 54.7. The van der Waals surface area contributed by atoms with Crippen LogP contribution in [0.3, 0.4) is 0 Å². The number of nitrogens with zero attached hydrogens (tertiary/aromatic N) is 4. The second-order valence-corrected chi connectivity index (χ2v) is 24.6. The summed E-state index contributed by atoms with van der Waals surface area (Å²) in [5.41, 5.74) is 26.8. The molecule has 0 aliphatic heterocycles. The van der Waals surface area contributed by atoms with Crippen LogP contribution < -0.4 is 4.90 Å². The Labute approximate surface area is 537 Å². The van der Waals surface area contributed by atoms with E-state index in [0.29, 0.717) is 6.54 Å². The third-order valence-corrected chi connectivity index (χ3v) is 19.5. The van der Waals surface area contributed by atoms with Crippen molar-refractivity contribution in [3.05, 3.63) is 331 Å². The van der Waals surface area contributed by atoms with Crippen LogP contribution in [-0.4, -0.2) is 19.9 Å². The maximum atomic E-state index is 6.39. The van der Waals surface area contributed by atoms with Gasteiger partial charge < -0.3 is 18.3 Å². The van der Waals surface area contributed by atoms with Crippen molar-refractivity contribution in [1.82, 2.24) is 13.3 Å². The van der Waals surface area contributed by atoms with Gasteiger partial charge in [0.25, 0.3) is 0 Å². The summed E-state index contributed by atoms with van der Waals surface area (Å²) in [6.45, 7) is 7.12. The molecule has 0 bridgehead atoms. The first-order valence-corrected chi connectivity index (χ1v) is 32.2. The number of furan rings is 2. The number of hydrogen-bond donors (Lipinski definition) is 0. The molecule has 0 saturated heterocycles. The largest absolute Gasteiger partial charge is 0.456 e. The van der Waals surface area contributed by atoms with E-state index in [4.69, 9.17) is 17.6 Å². The number of fused-ring (bicyclic) bond motifs is 13. The van der Waals surface area contributed by atoms with Gasteiger partial charge in [-0.05, 0) is 184 Å². The lowest BCUT2D eigenvalue weighted by Crippen LogP contribution is -2.28. The number of para-hydroxylation sites is 3. The predicted octanol–water partition coefficient (Wildman–Crippen LogP) is 23.1. The zero-order chi connectivity index (χ0) is 61.4. The number of benzene rings is 12. The Morgan fingerprint density at radius 3 is 1.63 bits per heavy atom. The highest BCUT2D eigenvalue weighted by molar-refractivity contribution is 7.00. The summed E-state index contributed by atoms with van der Waals surface area (Å²) in [6.07, 6.45) is 11.3. The quantitative estimate of drug-likeness (QED) is 0.108. The number of rotatable bonds is 13. The molecule has 0 radical (unpaired) electrons. The van der Waals surface area contributed by atoms with E-state index in [0.717, 1.165) is 133 Å². The fraction of sp³-hybridized carbons (Fsp3) is 0.0588. The second-order valence-electron chi connectivity index (χ2n) is 24.0. The molecule has 0 atom stereocenters. The summed E-state index contributed by atoms with van der Waals surface area (Å²) in [4.78, 5) is 2.35. The standard InChI is InChI=1S/C85H60N4O2S/c1-4-56(59-36-41-67-66-28-14-17-31-74(66)85(75(67)51-59,62-22-8-5-9-23-62)63-24-10-6-11-25-63)21-20-48-88(64-26-12-7-13-27-64)78-47-44-65(83-84(78)87-92-86-83)54(2)34-35-55(3)89-76-45-39-57(60-37-42-70-68-29-15-18-32-79(68)90-81(70)52-60)49-72(76)73-50-58(40-46-77(73)89)61-38-43-71-69-30-16-19-33-80(69)91-82(71)53-61/h4-47,49-53H,48H2,1-3H3/b21-20-,54-34+,55-35+,56-4+. The van der Waals surface area contributed by atoms with Crippen LogP contribution in [0.2, 0.25) is 0 Å². The second kappa shape index (κ2) is 22.3. The third-order valence-electron chi connectivity index (χ3n) is 19.0. The summed E-state index contributed by atoms with van der Waals surface area (Å²) >= 11 is 1.26. The van der Waals surface area contributed by atoms with Crippen molar-refractivity contribution < 1.29 is 8.83 Å². The Morgan fingerprint density at radius 2 is 1.00 bits per heavy atom. The molecule has 1 aliphatic carbocycles. The van der Waals surface area contributed by atoms with Gasteiger partial charge in [-0.3, -0.25) is 0 Å². The van der Waals surface area contributed by atoms with Gasteiger partial charge in [-0.1, -0.05) is 206 Å². The Kier molecular flexibility index (Phi) is 13.3. The summed E-state index contributed by atoms with van der Waals surface area (Å²) in [7, 11) is 0. The van der Waals surface area contributed by atoms with Gasteiger partial charge >= 0.3 is 0 Å². The van der Waals surface area contributed by atoms with Gasteiger partial charge in [0, 0.05) is 55.8 Å². The lowest BCUT2D eigenvalue weighted by Gasteiger charge is -2.34. The van der Waals surface area contributed by atoms with Gasteiger partial charge in [-0.2, -0.15) is 8.75 Å². The van der Waals surface area contributed by atoms with Gasteiger partial charge in [0.2, 0.25) is 0 Å². The van der Waals surface area contributed by atoms with Crippen LogP contribution >= 0.6 is 11.7 Å². The Balaban J connectivity index is 0.709. The van der Waals surface area contributed by atoms with Crippen molar-refractivity contribution in [3.63, 3.8) is 0 Å². The number of anilines is 2. The van der Waals surface area contributed by atoms with E-state index in [1.165, 1.54) is 50.7 Å². The van der Waals surface area contributed by atoms with Crippen LogP contribution in [0.4, 0.5) is 11.4 Å². The molecule has 12 aromatic carbocycles. The fourth-order valence-corrected chi connectivity index (χ4v) is 15.2. The average Bonchev–Trinajstić information content (AvgIpc) is 1.53. The highest BCUT2D eigenvalue weighted by Gasteiger charge is 2.46. The molecule has 0 amide bonds. The zero-order valence-electron chi connectivity index (χ0n) is 51.0. The first-order chi connectivity index (χ1) is 45.4. The van der Waals surface area contributed by atoms with Crippen molar-refractivity contribution in [3.8, 4) is 33.4 Å². The SMILES string of the molecule is C/C=C(\C=C/CN(c1ccccc1)c1ccc(/C(C)=C/C=C(\C)n2c3ccc(-c4ccc5c(c4)oc4ccccc45)cc3c3cc(-c4ccc5c(c4)oc4ccccc45)ccc32)c2nsnc12)c1ccc2c(c1)C(c1ccccc1)(c1ccccc1)c1ccccc1-2. The average molecular weight is 1200 g/mol. The van der Waals surface area contributed by atoms with Gasteiger partial charge in [0.15, 0.2) is 0 Å². The smallest absolute Gasteiger partial charge is 0.136 e. The van der Waals surface area contributed by atoms with Crippen LogP contribution in [0.15, 0.2) is 306 Å². The molecule has 438 valence electrons. The highest BCUT2D eigenvalue weighted by atomic mass is 32.1. The molecule has 4 aromatic heterocycles. The first-order valence-electron chi connectivity index (χ1n) is 31.4. The van der Waals surface area contributed by atoms with Crippen LogP contribution in [-0.2, 0) is 5.41 Å². The van der Waals surface area contributed by atoms with Crippen LogP contribution in [0.25, 0.3) is 127 Å². The van der Waals surface area contributed by atoms with E-state index in [2.05, 4.69) is 303 Å². The summed E-state index contributed by atoms with van der Waals surface area (Å²) in [5, 5.41) is 6.81. The minimum absolute atomic E-state index is 0.480. The lowest BCUT2D eigenvalue weighted by molar-refractivity contribution is 0.668. The predicted molar refractivity (Wildman–Crippen MR) is 386 cm³/mol.